The number of rotatable bonds is 8. The smallest absolute Gasteiger partial charge is 0.263 e. The van der Waals surface area contributed by atoms with E-state index >= 15 is 0 Å². The Morgan fingerprint density at radius 3 is 2.71 bits per heavy atom. The molecule has 0 spiro atoms. The average Bonchev–Trinajstić information content (AvgIpc) is 3.58. The van der Waals surface area contributed by atoms with Crippen LogP contribution in [0.2, 0.25) is 0 Å². The van der Waals surface area contributed by atoms with Crippen molar-refractivity contribution in [2.24, 2.45) is 11.3 Å². The highest BCUT2D eigenvalue weighted by Crippen LogP contribution is 2.38. The van der Waals surface area contributed by atoms with Crippen LogP contribution in [0.3, 0.4) is 0 Å². The first-order chi connectivity index (χ1) is 18.1. The summed E-state index contributed by atoms with van der Waals surface area (Å²) in [5.41, 5.74) is 2.21. The van der Waals surface area contributed by atoms with Gasteiger partial charge in [0, 0.05) is 41.7 Å². The molecule has 202 valence electrons. The fourth-order valence-electron chi connectivity index (χ4n) is 5.11. The first-order valence-electron chi connectivity index (χ1n) is 13.1. The molecule has 5 rings (SSSR count). The Labute approximate surface area is 220 Å². The van der Waals surface area contributed by atoms with Crippen molar-refractivity contribution >= 4 is 22.8 Å². The van der Waals surface area contributed by atoms with Crippen LogP contribution in [0.25, 0.3) is 22.3 Å². The molecule has 2 aliphatic rings. The molecule has 3 heterocycles. The maximum Gasteiger partial charge on any atom is 0.263 e. The first-order valence-corrected chi connectivity index (χ1v) is 13.1. The minimum atomic E-state index is -2.65. The Kier molecular flexibility index (Phi) is 6.83. The maximum absolute atomic E-state index is 13.6. The molecule has 2 aromatic heterocycles. The molecule has 1 saturated heterocycles. The third-order valence-corrected chi connectivity index (χ3v) is 7.59. The molecule has 0 bridgehead atoms. The van der Waals surface area contributed by atoms with E-state index in [1.165, 1.54) is 18.5 Å². The summed E-state index contributed by atoms with van der Waals surface area (Å²) in [7, 11) is 0. The molecule has 2 amide bonds. The molecule has 38 heavy (non-hydrogen) atoms. The van der Waals surface area contributed by atoms with Gasteiger partial charge in [-0.25, -0.2) is 18.7 Å². The number of ether oxygens (including phenoxy) is 1. The van der Waals surface area contributed by atoms with E-state index in [0.29, 0.717) is 71.3 Å². The second-order valence-electron chi connectivity index (χ2n) is 11.0. The molecule has 1 aliphatic heterocycles. The maximum atomic E-state index is 13.6. The van der Waals surface area contributed by atoms with E-state index in [-0.39, 0.29) is 28.8 Å². The molecule has 3 aromatic rings. The molecule has 2 N–H and O–H groups in total. The van der Waals surface area contributed by atoms with E-state index in [1.54, 1.807) is 17.9 Å². The summed E-state index contributed by atoms with van der Waals surface area (Å²) in [6.07, 6.45) is 1.29. The monoisotopic (exact) mass is 525 g/mol. The number of H-pyrrole nitrogens is 1. The largest absolute Gasteiger partial charge is 0.493 e. The quantitative estimate of drug-likeness (QED) is 0.429. The number of alkyl halides is 2. The standard InChI is InChI=1S/C28H33F2N5O3/c1-5-21(36)35-11-20(28(3,4)13-35)34-27(37)22-15(2)33-25-23(31-14-32-24(22)25)18-10-17(26(29)30)8-9-19(18)38-12-16-6-7-16/h8-10,14,16,20,26,33H,5-7,11-13H2,1-4H3,(H,34,37). The van der Waals surface area contributed by atoms with Gasteiger partial charge in [-0.15, -0.1) is 0 Å². The number of benzene rings is 1. The van der Waals surface area contributed by atoms with Gasteiger partial charge in [-0.05, 0) is 43.9 Å². The number of hydrogen-bond acceptors (Lipinski definition) is 5. The fraction of sp³-hybridized carbons (Fsp3) is 0.500. The highest BCUT2D eigenvalue weighted by molar-refractivity contribution is 6.09. The topological polar surface area (TPSA) is 100 Å². The summed E-state index contributed by atoms with van der Waals surface area (Å²) in [5, 5.41) is 3.11. The second-order valence-corrected chi connectivity index (χ2v) is 11.0. The van der Waals surface area contributed by atoms with Crippen LogP contribution in [0, 0.1) is 18.3 Å². The molecule has 2 fully saturated rings. The van der Waals surface area contributed by atoms with Gasteiger partial charge in [0.15, 0.2) is 0 Å². The Morgan fingerprint density at radius 2 is 2.03 bits per heavy atom. The molecule has 8 nitrogen and oxygen atoms in total. The van der Waals surface area contributed by atoms with Crippen molar-refractivity contribution in [3.8, 4) is 17.0 Å². The molecule has 0 radical (unpaired) electrons. The van der Waals surface area contributed by atoms with Gasteiger partial charge in [0.05, 0.1) is 23.7 Å². The number of carbonyl (C=O) groups is 2. The van der Waals surface area contributed by atoms with Crippen molar-refractivity contribution in [1.29, 1.82) is 0 Å². The zero-order valence-electron chi connectivity index (χ0n) is 22.1. The van der Waals surface area contributed by atoms with Gasteiger partial charge >= 0.3 is 0 Å². The summed E-state index contributed by atoms with van der Waals surface area (Å²) in [5.74, 6) is 0.692. The summed E-state index contributed by atoms with van der Waals surface area (Å²) in [4.78, 5) is 39.6. The van der Waals surface area contributed by atoms with Crippen LogP contribution in [0.5, 0.6) is 5.75 Å². The number of amides is 2. The number of aromatic amines is 1. The van der Waals surface area contributed by atoms with Crippen LogP contribution in [-0.4, -0.2) is 57.4 Å². The molecule has 1 aromatic carbocycles. The third kappa shape index (κ3) is 4.96. The lowest BCUT2D eigenvalue weighted by Crippen LogP contribution is -2.44. The lowest BCUT2D eigenvalue weighted by Gasteiger charge is -2.26. The number of halogens is 2. The molecular weight excluding hydrogens is 492 g/mol. The number of hydrogen-bond donors (Lipinski definition) is 2. The number of nitrogens with zero attached hydrogens (tertiary/aromatic N) is 3. The van der Waals surface area contributed by atoms with E-state index in [2.05, 4.69) is 20.3 Å². The Morgan fingerprint density at radius 1 is 1.26 bits per heavy atom. The van der Waals surface area contributed by atoms with Gasteiger partial charge in [-0.3, -0.25) is 9.59 Å². The number of aryl methyl sites for hydroxylation is 1. The SMILES string of the molecule is CCC(=O)N1CC(NC(=O)c2c(C)[nH]c3c(-c4cc(C(F)F)ccc4OCC4CC4)ncnc23)C(C)(C)C1. The molecule has 1 unspecified atom stereocenters. The van der Waals surface area contributed by atoms with Crippen LogP contribution >= 0.6 is 0 Å². The minimum absolute atomic E-state index is 0.0567. The lowest BCUT2D eigenvalue weighted by molar-refractivity contribution is -0.130. The minimum Gasteiger partial charge on any atom is -0.493 e. The second kappa shape index (κ2) is 9.96. The average molecular weight is 526 g/mol. The molecule has 10 heteroatoms. The van der Waals surface area contributed by atoms with Crippen molar-refractivity contribution in [2.45, 2.75) is 59.4 Å². The molecular formula is C28H33F2N5O3. The van der Waals surface area contributed by atoms with Gasteiger partial charge in [0.1, 0.15) is 23.3 Å². The normalized spacial score (nSPS) is 18.8. The van der Waals surface area contributed by atoms with Gasteiger partial charge in [-0.1, -0.05) is 20.8 Å². The predicted molar refractivity (Wildman–Crippen MR) is 139 cm³/mol. The van der Waals surface area contributed by atoms with Crippen LogP contribution in [0.4, 0.5) is 8.78 Å². The van der Waals surface area contributed by atoms with Crippen molar-refractivity contribution < 1.29 is 23.1 Å². The predicted octanol–water partition coefficient (Wildman–Crippen LogP) is 5.04. The Hall–Kier alpha value is -3.56. The Balaban J connectivity index is 1.50. The zero-order chi connectivity index (χ0) is 27.2. The van der Waals surface area contributed by atoms with E-state index in [9.17, 15) is 18.4 Å². The summed E-state index contributed by atoms with van der Waals surface area (Å²) in [6.45, 7) is 9.18. The Bertz CT molecular complexity index is 1380. The molecule has 1 atom stereocenters. The fourth-order valence-corrected chi connectivity index (χ4v) is 5.11. The lowest BCUT2D eigenvalue weighted by atomic mass is 9.87. The number of carbonyl (C=O) groups excluding carboxylic acids is 2. The van der Waals surface area contributed by atoms with Gasteiger partial charge in [0.25, 0.3) is 12.3 Å². The van der Waals surface area contributed by atoms with Gasteiger partial charge in [0.2, 0.25) is 5.91 Å². The van der Waals surface area contributed by atoms with Crippen molar-refractivity contribution in [3.05, 3.63) is 41.3 Å². The van der Waals surface area contributed by atoms with E-state index in [1.807, 2.05) is 20.8 Å². The van der Waals surface area contributed by atoms with Crippen molar-refractivity contribution in [1.82, 2.24) is 25.2 Å². The van der Waals surface area contributed by atoms with Crippen molar-refractivity contribution in [2.75, 3.05) is 19.7 Å². The highest BCUT2D eigenvalue weighted by atomic mass is 19.3. The number of fused-ring (bicyclic) bond motifs is 1. The molecule has 1 aliphatic carbocycles. The van der Waals surface area contributed by atoms with Crippen LogP contribution in [0.15, 0.2) is 24.5 Å². The van der Waals surface area contributed by atoms with E-state index < -0.39 is 6.43 Å². The summed E-state index contributed by atoms with van der Waals surface area (Å²) in [6, 6.07) is 4.08. The molecule has 1 saturated carbocycles. The van der Waals surface area contributed by atoms with E-state index in [4.69, 9.17) is 4.74 Å². The highest BCUT2D eigenvalue weighted by Gasteiger charge is 2.42. The number of aromatic nitrogens is 3. The van der Waals surface area contributed by atoms with Gasteiger partial charge < -0.3 is 19.9 Å². The van der Waals surface area contributed by atoms with Crippen LogP contribution in [-0.2, 0) is 4.79 Å². The summed E-state index contributed by atoms with van der Waals surface area (Å²) < 4.78 is 33.2. The van der Waals surface area contributed by atoms with Crippen molar-refractivity contribution in [3.63, 3.8) is 0 Å². The zero-order valence-corrected chi connectivity index (χ0v) is 22.1. The number of nitrogens with one attached hydrogen (secondary N) is 2. The van der Waals surface area contributed by atoms with Crippen LogP contribution < -0.4 is 10.1 Å². The number of likely N-dealkylation sites (tertiary alicyclic amines) is 1. The first kappa shape index (κ1) is 26.1. The third-order valence-electron chi connectivity index (χ3n) is 7.59. The van der Waals surface area contributed by atoms with Crippen LogP contribution in [0.1, 0.15) is 68.1 Å². The van der Waals surface area contributed by atoms with Gasteiger partial charge in [-0.2, -0.15) is 0 Å². The van der Waals surface area contributed by atoms with E-state index in [0.717, 1.165) is 12.8 Å². The summed E-state index contributed by atoms with van der Waals surface area (Å²) >= 11 is 0.